The normalized spacial score (nSPS) is 40.1. The Bertz CT molecular complexity index is 802. The summed E-state index contributed by atoms with van der Waals surface area (Å²) in [6.45, 7) is 12.1. The first-order valence-corrected chi connectivity index (χ1v) is 11.4. The van der Waals surface area contributed by atoms with Crippen molar-refractivity contribution in [3.63, 3.8) is 0 Å². The van der Waals surface area contributed by atoms with E-state index in [1.54, 1.807) is 0 Å². The van der Waals surface area contributed by atoms with Crippen molar-refractivity contribution in [3.05, 3.63) is 12.1 Å². The van der Waals surface area contributed by atoms with E-state index in [1.165, 1.54) is 12.1 Å². The van der Waals surface area contributed by atoms with Crippen molar-refractivity contribution in [2.45, 2.75) is 78.0 Å². The van der Waals surface area contributed by atoms with Gasteiger partial charge in [0.2, 0.25) is 10.0 Å². The Balaban J connectivity index is 1.57. The monoisotopic (exact) mass is 395 g/mol. The van der Waals surface area contributed by atoms with Crippen LogP contribution in [0.2, 0.25) is 0 Å². The molecule has 2 bridgehead atoms. The summed E-state index contributed by atoms with van der Waals surface area (Å²) in [5, 5.41) is 0. The van der Waals surface area contributed by atoms with Crippen LogP contribution >= 0.6 is 0 Å². The zero-order valence-electron chi connectivity index (χ0n) is 17.1. The maximum absolute atomic E-state index is 12.9. The standard InChI is InChI=1S/C19H30BNO5S/c1-16(2)13-7-9-19(16)12-27(23,24)21(14(19)11-13)15(22)8-10-20-25-17(3,4)18(5,6)26-20/h8,10,13-14H,7,9,11-12H2,1-6H3/b10-8+/t13-,14-,19-/m1/s1. The van der Waals surface area contributed by atoms with Crippen LogP contribution in [0.1, 0.15) is 60.8 Å². The molecule has 2 saturated heterocycles. The van der Waals surface area contributed by atoms with Gasteiger partial charge in [-0.05, 0) is 70.3 Å². The molecule has 0 aromatic carbocycles. The molecule has 0 N–H and O–H groups in total. The maximum Gasteiger partial charge on any atom is 0.487 e. The number of carbonyl (C=O) groups is 1. The molecule has 150 valence electrons. The van der Waals surface area contributed by atoms with Gasteiger partial charge in [0.1, 0.15) is 0 Å². The second-order valence-corrected chi connectivity index (χ2v) is 12.1. The first-order chi connectivity index (χ1) is 12.2. The Kier molecular flexibility index (Phi) is 3.89. The molecule has 0 radical (unpaired) electrons. The van der Waals surface area contributed by atoms with Crippen LogP contribution in [0.4, 0.5) is 0 Å². The molecule has 0 aromatic heterocycles. The fourth-order valence-electron chi connectivity index (χ4n) is 5.78. The van der Waals surface area contributed by atoms with E-state index >= 15 is 0 Å². The fourth-order valence-corrected chi connectivity index (χ4v) is 8.29. The second-order valence-electron chi connectivity index (χ2n) is 10.2. The van der Waals surface area contributed by atoms with Crippen LogP contribution in [-0.2, 0) is 24.1 Å². The van der Waals surface area contributed by atoms with Crippen molar-refractivity contribution in [2.75, 3.05) is 5.75 Å². The van der Waals surface area contributed by atoms with Gasteiger partial charge in [-0.1, -0.05) is 13.8 Å². The van der Waals surface area contributed by atoms with Gasteiger partial charge in [0.15, 0.2) is 0 Å². The summed E-state index contributed by atoms with van der Waals surface area (Å²) in [4.78, 5) is 12.9. The lowest BCUT2D eigenvalue weighted by atomic mass is 9.69. The Morgan fingerprint density at radius 1 is 1.11 bits per heavy atom. The summed E-state index contributed by atoms with van der Waals surface area (Å²) in [6.07, 6.45) is 4.05. The van der Waals surface area contributed by atoms with Crippen molar-refractivity contribution < 1.29 is 22.5 Å². The first kappa shape index (κ1) is 19.5. The first-order valence-electron chi connectivity index (χ1n) is 9.83. The predicted octanol–water partition coefficient (Wildman–Crippen LogP) is 2.54. The zero-order valence-corrected chi connectivity index (χ0v) is 17.9. The van der Waals surface area contributed by atoms with Crippen molar-refractivity contribution in [2.24, 2.45) is 16.7 Å². The van der Waals surface area contributed by atoms with E-state index in [4.69, 9.17) is 9.31 Å². The third-order valence-electron chi connectivity index (χ3n) is 8.30. The van der Waals surface area contributed by atoms with Gasteiger partial charge in [-0.3, -0.25) is 4.79 Å². The molecule has 4 rings (SSSR count). The van der Waals surface area contributed by atoms with Gasteiger partial charge in [-0.25, -0.2) is 12.7 Å². The summed E-state index contributed by atoms with van der Waals surface area (Å²) in [5.41, 5.74) is -1.34. The summed E-state index contributed by atoms with van der Waals surface area (Å²) >= 11 is 0. The molecular weight excluding hydrogens is 365 g/mol. The van der Waals surface area contributed by atoms with E-state index in [9.17, 15) is 13.2 Å². The largest absolute Gasteiger partial charge is 0.487 e. The van der Waals surface area contributed by atoms with Crippen LogP contribution in [-0.4, -0.2) is 48.7 Å². The molecule has 2 heterocycles. The SMILES string of the molecule is CC1(C)OB(/C=C/C(=O)N2[C@@H]3C[C@H]4CC[C@]3(CS2(=O)=O)C4(C)C)OC1(C)C. The number of nitrogens with zero attached hydrogens (tertiary/aromatic N) is 1. The van der Waals surface area contributed by atoms with Crippen LogP contribution in [0.25, 0.3) is 0 Å². The smallest absolute Gasteiger partial charge is 0.400 e. The summed E-state index contributed by atoms with van der Waals surface area (Å²) in [6, 6.07) is -0.216. The van der Waals surface area contributed by atoms with Gasteiger partial charge < -0.3 is 9.31 Å². The molecule has 2 saturated carbocycles. The molecule has 6 nitrogen and oxygen atoms in total. The third-order valence-corrected chi connectivity index (χ3v) is 10.2. The maximum atomic E-state index is 12.9. The number of rotatable bonds is 2. The molecule has 0 unspecified atom stereocenters. The fraction of sp³-hybridized carbons (Fsp3) is 0.842. The number of sulfonamides is 1. The van der Waals surface area contributed by atoms with E-state index < -0.39 is 34.3 Å². The Labute approximate surface area is 162 Å². The molecular formula is C19H30BNO5S. The highest BCUT2D eigenvalue weighted by Gasteiger charge is 2.72. The van der Waals surface area contributed by atoms with Crippen LogP contribution < -0.4 is 0 Å². The molecule has 0 aromatic rings. The van der Waals surface area contributed by atoms with Crippen molar-refractivity contribution in [1.82, 2.24) is 4.31 Å². The molecule has 1 spiro atoms. The highest BCUT2D eigenvalue weighted by Crippen LogP contribution is 2.69. The third kappa shape index (κ3) is 2.45. The van der Waals surface area contributed by atoms with E-state index in [0.717, 1.165) is 23.6 Å². The topological polar surface area (TPSA) is 72.9 Å². The molecule has 2 aliphatic carbocycles. The zero-order chi connectivity index (χ0) is 20.0. The Morgan fingerprint density at radius 3 is 2.26 bits per heavy atom. The van der Waals surface area contributed by atoms with E-state index in [1.807, 2.05) is 27.7 Å². The van der Waals surface area contributed by atoms with Crippen LogP contribution in [0, 0.1) is 16.7 Å². The van der Waals surface area contributed by atoms with Crippen LogP contribution in [0.3, 0.4) is 0 Å². The molecule has 4 fully saturated rings. The van der Waals surface area contributed by atoms with Gasteiger partial charge in [-0.15, -0.1) is 0 Å². The van der Waals surface area contributed by atoms with Gasteiger partial charge in [0, 0.05) is 5.41 Å². The molecule has 2 aliphatic heterocycles. The molecule has 8 heteroatoms. The molecule has 1 amide bonds. The minimum absolute atomic E-state index is 0.0464. The average molecular weight is 395 g/mol. The van der Waals surface area contributed by atoms with E-state index in [0.29, 0.717) is 5.92 Å². The van der Waals surface area contributed by atoms with Crippen molar-refractivity contribution in [3.8, 4) is 0 Å². The van der Waals surface area contributed by atoms with Crippen LogP contribution in [0.5, 0.6) is 0 Å². The van der Waals surface area contributed by atoms with Gasteiger partial charge >= 0.3 is 7.12 Å². The number of carbonyl (C=O) groups excluding carboxylic acids is 1. The quantitative estimate of drug-likeness (QED) is 0.531. The average Bonchev–Trinajstić information content (AvgIpc) is 3.05. The van der Waals surface area contributed by atoms with E-state index in [-0.39, 0.29) is 22.6 Å². The van der Waals surface area contributed by atoms with E-state index in [2.05, 4.69) is 13.8 Å². The predicted molar refractivity (Wildman–Crippen MR) is 103 cm³/mol. The minimum atomic E-state index is -3.60. The molecule has 4 aliphatic rings. The number of fused-ring (bicyclic) bond motifs is 1. The highest BCUT2D eigenvalue weighted by molar-refractivity contribution is 7.90. The Hall–Kier alpha value is -0.855. The summed E-state index contributed by atoms with van der Waals surface area (Å²) in [5.74, 6) is 1.64. The van der Waals surface area contributed by atoms with Gasteiger partial charge in [0.05, 0.1) is 23.0 Å². The van der Waals surface area contributed by atoms with Crippen molar-refractivity contribution in [1.29, 1.82) is 0 Å². The summed E-state index contributed by atoms with van der Waals surface area (Å²) in [7, 11) is -4.26. The number of amides is 1. The minimum Gasteiger partial charge on any atom is -0.400 e. The summed E-state index contributed by atoms with van der Waals surface area (Å²) < 4.78 is 38.7. The molecule has 27 heavy (non-hydrogen) atoms. The number of hydrogen-bond acceptors (Lipinski definition) is 5. The van der Waals surface area contributed by atoms with Crippen molar-refractivity contribution >= 4 is 23.0 Å². The van der Waals surface area contributed by atoms with Gasteiger partial charge in [0.25, 0.3) is 5.91 Å². The van der Waals surface area contributed by atoms with Crippen LogP contribution in [0.15, 0.2) is 12.1 Å². The second kappa shape index (κ2) is 5.39. The molecule has 3 atom stereocenters. The highest BCUT2D eigenvalue weighted by atomic mass is 32.2. The lowest BCUT2D eigenvalue weighted by Gasteiger charge is -2.36. The lowest BCUT2D eigenvalue weighted by molar-refractivity contribution is -0.124. The van der Waals surface area contributed by atoms with Gasteiger partial charge in [-0.2, -0.15) is 0 Å². The number of hydrogen-bond donors (Lipinski definition) is 0. The Morgan fingerprint density at radius 2 is 1.70 bits per heavy atom. The lowest BCUT2D eigenvalue weighted by Crippen LogP contribution is -2.43.